The molecule has 4 nitrogen and oxygen atoms in total. The van der Waals surface area contributed by atoms with Gasteiger partial charge in [-0.25, -0.2) is 0 Å². The van der Waals surface area contributed by atoms with E-state index >= 15 is 0 Å². The van der Waals surface area contributed by atoms with Gasteiger partial charge in [-0.1, -0.05) is 18.2 Å². The maximum absolute atomic E-state index is 12.9. The number of rotatable bonds is 4. The van der Waals surface area contributed by atoms with Gasteiger partial charge in [0.05, 0.1) is 11.1 Å². The van der Waals surface area contributed by atoms with Crippen LogP contribution < -0.4 is 5.73 Å². The minimum absolute atomic E-state index is 0. The van der Waals surface area contributed by atoms with Crippen LogP contribution in [-0.2, 0) is 0 Å². The third-order valence-electron chi connectivity index (χ3n) is 4.30. The van der Waals surface area contributed by atoms with E-state index in [9.17, 15) is 4.79 Å². The summed E-state index contributed by atoms with van der Waals surface area (Å²) in [4.78, 5) is 19.2. The van der Waals surface area contributed by atoms with Crippen LogP contribution in [0.4, 0.5) is 0 Å². The van der Waals surface area contributed by atoms with Gasteiger partial charge in [-0.2, -0.15) is 0 Å². The molecule has 0 spiro atoms. The minimum atomic E-state index is 0. The number of fused-ring (bicyclic) bond motifs is 1. The molecule has 5 heteroatoms. The van der Waals surface area contributed by atoms with Crippen molar-refractivity contribution in [2.24, 2.45) is 11.7 Å². The summed E-state index contributed by atoms with van der Waals surface area (Å²) in [7, 11) is 1.86. The Hall–Kier alpha value is -1.65. The van der Waals surface area contributed by atoms with Gasteiger partial charge in [-0.05, 0) is 37.8 Å². The van der Waals surface area contributed by atoms with Gasteiger partial charge in [0.25, 0.3) is 5.91 Å². The lowest BCUT2D eigenvalue weighted by Crippen LogP contribution is -2.43. The van der Waals surface area contributed by atoms with Gasteiger partial charge < -0.3 is 10.6 Å². The molecule has 1 unspecified atom stereocenters. The van der Waals surface area contributed by atoms with Gasteiger partial charge in [0.15, 0.2) is 0 Å². The number of hydrogen-bond acceptors (Lipinski definition) is 3. The minimum Gasteiger partial charge on any atom is -0.337 e. The van der Waals surface area contributed by atoms with Crippen LogP contribution in [-0.4, -0.2) is 35.4 Å². The van der Waals surface area contributed by atoms with Crippen molar-refractivity contribution in [3.05, 3.63) is 41.6 Å². The summed E-state index contributed by atoms with van der Waals surface area (Å²) in [6.45, 7) is 2.44. The molecule has 0 aliphatic heterocycles. The molecular weight excluding hydrogens is 298 g/mol. The second-order valence-electron chi connectivity index (χ2n) is 5.88. The smallest absolute Gasteiger partial charge is 0.254 e. The largest absolute Gasteiger partial charge is 0.337 e. The van der Waals surface area contributed by atoms with Crippen molar-refractivity contribution < 1.29 is 4.79 Å². The molecule has 1 saturated carbocycles. The topological polar surface area (TPSA) is 59.2 Å². The molecule has 0 radical (unpaired) electrons. The molecule has 0 bridgehead atoms. The second-order valence-corrected chi connectivity index (χ2v) is 5.88. The number of hydrogen-bond donors (Lipinski definition) is 1. The lowest BCUT2D eigenvalue weighted by molar-refractivity contribution is 0.0720. The van der Waals surface area contributed by atoms with E-state index in [-0.39, 0.29) is 24.4 Å². The van der Waals surface area contributed by atoms with Gasteiger partial charge in [0.1, 0.15) is 0 Å². The Balaban J connectivity index is 0.00000176. The Morgan fingerprint density at radius 2 is 2.09 bits per heavy atom. The van der Waals surface area contributed by atoms with Crippen molar-refractivity contribution in [1.29, 1.82) is 0 Å². The van der Waals surface area contributed by atoms with Gasteiger partial charge in [-0.3, -0.25) is 9.78 Å². The van der Waals surface area contributed by atoms with Crippen LogP contribution in [0.5, 0.6) is 0 Å². The Bertz CT molecular complexity index is 685. The summed E-state index contributed by atoms with van der Waals surface area (Å²) in [6, 6.07) is 9.81. The summed E-state index contributed by atoms with van der Waals surface area (Å²) >= 11 is 0. The monoisotopic (exact) mass is 319 g/mol. The number of amides is 1. The average Bonchev–Trinajstić information content (AvgIpc) is 3.31. The standard InChI is InChI=1S/C17H21N3O.ClH/c1-11-9-14(13-5-3-4-6-15(13)19-11)17(21)20(2)16(10-18)12-7-8-12;/h3-6,9,12,16H,7-8,10,18H2,1-2H3;1H. The fourth-order valence-electron chi connectivity index (χ4n) is 2.97. The predicted octanol–water partition coefficient (Wildman–Crippen LogP) is 2.77. The molecular formula is C17H22ClN3O. The number of nitrogens with zero attached hydrogens (tertiary/aromatic N) is 2. The Morgan fingerprint density at radius 1 is 1.41 bits per heavy atom. The van der Waals surface area contributed by atoms with E-state index in [1.807, 2.05) is 49.2 Å². The van der Waals surface area contributed by atoms with Gasteiger partial charge in [0.2, 0.25) is 0 Å². The van der Waals surface area contributed by atoms with Crippen LogP contribution >= 0.6 is 12.4 Å². The van der Waals surface area contributed by atoms with Crippen LogP contribution in [0.25, 0.3) is 10.9 Å². The van der Waals surface area contributed by atoms with Gasteiger partial charge in [0, 0.05) is 30.7 Å². The first kappa shape index (κ1) is 16.7. The normalized spacial score (nSPS) is 15.2. The molecule has 2 aromatic rings. The number of carbonyl (C=O) groups is 1. The molecule has 1 heterocycles. The molecule has 118 valence electrons. The maximum Gasteiger partial charge on any atom is 0.254 e. The van der Waals surface area contributed by atoms with E-state index in [2.05, 4.69) is 4.98 Å². The van der Waals surface area contributed by atoms with Crippen LogP contribution in [0.2, 0.25) is 0 Å². The highest BCUT2D eigenvalue weighted by atomic mass is 35.5. The van der Waals surface area contributed by atoms with Crippen LogP contribution in [0.1, 0.15) is 28.9 Å². The summed E-state index contributed by atoms with van der Waals surface area (Å²) < 4.78 is 0. The van der Waals surface area contributed by atoms with E-state index in [1.54, 1.807) is 0 Å². The Kier molecular flexibility index (Phi) is 5.04. The molecule has 3 rings (SSSR count). The SMILES string of the molecule is Cc1cc(C(=O)N(C)C(CN)C2CC2)c2ccccc2n1.Cl. The number of benzene rings is 1. The molecule has 1 fully saturated rings. The molecule has 1 aliphatic carbocycles. The Labute approximate surface area is 137 Å². The average molecular weight is 320 g/mol. The fourth-order valence-corrected chi connectivity index (χ4v) is 2.97. The zero-order chi connectivity index (χ0) is 15.0. The van der Waals surface area contributed by atoms with Crippen molar-refractivity contribution in [3.8, 4) is 0 Å². The molecule has 2 N–H and O–H groups in total. The zero-order valence-electron chi connectivity index (χ0n) is 13.0. The Morgan fingerprint density at radius 3 is 2.73 bits per heavy atom. The quantitative estimate of drug-likeness (QED) is 0.942. The molecule has 1 aliphatic rings. The lowest BCUT2D eigenvalue weighted by atomic mass is 10.0. The van der Waals surface area contributed by atoms with Crippen molar-refractivity contribution >= 4 is 29.2 Å². The predicted molar refractivity (Wildman–Crippen MR) is 91.4 cm³/mol. The summed E-state index contributed by atoms with van der Waals surface area (Å²) in [5.41, 5.74) is 8.32. The first-order chi connectivity index (χ1) is 10.1. The zero-order valence-corrected chi connectivity index (χ0v) is 13.8. The van der Waals surface area contributed by atoms with E-state index in [1.165, 1.54) is 12.8 Å². The van der Waals surface area contributed by atoms with E-state index in [0.29, 0.717) is 12.5 Å². The van der Waals surface area contributed by atoms with Crippen LogP contribution in [0.15, 0.2) is 30.3 Å². The summed E-state index contributed by atoms with van der Waals surface area (Å²) in [6.07, 6.45) is 2.35. The molecule has 1 atom stereocenters. The summed E-state index contributed by atoms with van der Waals surface area (Å²) in [5.74, 6) is 0.609. The molecule has 22 heavy (non-hydrogen) atoms. The first-order valence-electron chi connectivity index (χ1n) is 7.45. The van der Waals surface area contributed by atoms with Gasteiger partial charge in [-0.15, -0.1) is 12.4 Å². The van der Waals surface area contributed by atoms with Gasteiger partial charge >= 0.3 is 0 Å². The first-order valence-corrected chi connectivity index (χ1v) is 7.45. The second kappa shape index (κ2) is 6.63. The molecule has 0 saturated heterocycles. The van der Waals surface area contributed by atoms with E-state index < -0.39 is 0 Å². The molecule has 1 aromatic heterocycles. The van der Waals surface area contributed by atoms with Crippen molar-refractivity contribution in [2.45, 2.75) is 25.8 Å². The number of aryl methyl sites for hydroxylation is 1. The van der Waals surface area contributed by atoms with Crippen molar-refractivity contribution in [2.75, 3.05) is 13.6 Å². The number of carbonyl (C=O) groups excluding carboxylic acids is 1. The van der Waals surface area contributed by atoms with E-state index in [4.69, 9.17) is 5.73 Å². The number of halogens is 1. The molecule has 1 amide bonds. The third-order valence-corrected chi connectivity index (χ3v) is 4.30. The highest BCUT2D eigenvalue weighted by molar-refractivity contribution is 6.06. The number of pyridine rings is 1. The summed E-state index contributed by atoms with van der Waals surface area (Å²) in [5, 5.41) is 0.909. The highest BCUT2D eigenvalue weighted by Crippen LogP contribution is 2.35. The number of aromatic nitrogens is 1. The van der Waals surface area contributed by atoms with Crippen molar-refractivity contribution in [1.82, 2.24) is 9.88 Å². The molecule has 1 aromatic carbocycles. The third kappa shape index (κ3) is 3.08. The lowest BCUT2D eigenvalue weighted by Gasteiger charge is -2.27. The van der Waals surface area contributed by atoms with Crippen molar-refractivity contribution in [3.63, 3.8) is 0 Å². The maximum atomic E-state index is 12.9. The number of para-hydroxylation sites is 1. The van der Waals surface area contributed by atoms with E-state index in [0.717, 1.165) is 22.2 Å². The fraction of sp³-hybridized carbons (Fsp3) is 0.412. The van der Waals surface area contributed by atoms with Crippen LogP contribution in [0.3, 0.4) is 0 Å². The van der Waals surface area contributed by atoms with Crippen LogP contribution in [0, 0.1) is 12.8 Å². The number of nitrogens with two attached hydrogens (primary N) is 1. The number of likely N-dealkylation sites (N-methyl/N-ethyl adjacent to an activating group) is 1. The highest BCUT2D eigenvalue weighted by Gasteiger charge is 2.35.